The molecular weight excluding hydrogens is 244 g/mol. The Morgan fingerprint density at radius 2 is 2.11 bits per heavy atom. The van der Waals surface area contributed by atoms with Crippen LogP contribution in [0.15, 0.2) is 36.7 Å². The Morgan fingerprint density at radius 1 is 1.37 bits per heavy atom. The number of phenolic OH excluding ortho intramolecular Hbond substituents is 1. The highest BCUT2D eigenvalue weighted by molar-refractivity contribution is 5.81. The molecule has 6 nitrogen and oxygen atoms in total. The van der Waals surface area contributed by atoms with Crippen molar-refractivity contribution < 1.29 is 9.90 Å². The fraction of sp³-hybridized carbons (Fsp3) is 0.231. The lowest BCUT2D eigenvalue weighted by Gasteiger charge is -2.11. The summed E-state index contributed by atoms with van der Waals surface area (Å²) in [6, 6.07) is 6.03. The first-order valence-electron chi connectivity index (χ1n) is 5.94. The Bertz CT molecular complexity index is 522. The molecule has 1 heterocycles. The molecule has 0 bridgehead atoms. The van der Waals surface area contributed by atoms with Crippen LogP contribution in [0.4, 0.5) is 0 Å². The van der Waals surface area contributed by atoms with E-state index in [9.17, 15) is 9.90 Å². The normalized spacial score (nSPS) is 12.1. The van der Waals surface area contributed by atoms with Gasteiger partial charge in [-0.05, 0) is 24.1 Å². The molecule has 0 saturated carbocycles. The van der Waals surface area contributed by atoms with E-state index in [2.05, 4.69) is 15.5 Å². The van der Waals surface area contributed by atoms with E-state index in [-0.39, 0.29) is 11.7 Å². The molecule has 1 amide bonds. The van der Waals surface area contributed by atoms with Gasteiger partial charge >= 0.3 is 0 Å². The number of rotatable bonds is 5. The summed E-state index contributed by atoms with van der Waals surface area (Å²) in [6.07, 6.45) is 3.79. The lowest BCUT2D eigenvalue weighted by atomic mass is 10.1. The maximum atomic E-state index is 11.8. The van der Waals surface area contributed by atoms with Gasteiger partial charge in [-0.2, -0.15) is 5.10 Å². The van der Waals surface area contributed by atoms with Crippen molar-refractivity contribution >= 4 is 5.91 Å². The SMILES string of the molecule is N[C@H](Cc1ccc(O)cc1)C(=O)NCc1cn[nH]c1. The highest BCUT2D eigenvalue weighted by Gasteiger charge is 2.13. The molecule has 0 aliphatic heterocycles. The van der Waals surface area contributed by atoms with Crippen molar-refractivity contribution in [2.45, 2.75) is 19.0 Å². The minimum atomic E-state index is -0.614. The Kier molecular flexibility index (Phi) is 4.15. The van der Waals surface area contributed by atoms with Crippen LogP contribution < -0.4 is 11.1 Å². The van der Waals surface area contributed by atoms with Crippen molar-refractivity contribution in [3.8, 4) is 5.75 Å². The van der Waals surface area contributed by atoms with Gasteiger partial charge in [0.2, 0.25) is 5.91 Å². The number of benzene rings is 1. The molecule has 1 atom stereocenters. The average molecular weight is 260 g/mol. The number of hydrogen-bond donors (Lipinski definition) is 4. The summed E-state index contributed by atoms with van der Waals surface area (Å²) in [7, 11) is 0. The molecule has 0 unspecified atom stereocenters. The first-order valence-corrected chi connectivity index (χ1v) is 5.94. The maximum absolute atomic E-state index is 11.8. The van der Waals surface area contributed by atoms with Gasteiger partial charge < -0.3 is 16.2 Å². The number of nitrogens with two attached hydrogens (primary N) is 1. The van der Waals surface area contributed by atoms with Gasteiger partial charge in [-0.15, -0.1) is 0 Å². The van der Waals surface area contributed by atoms with Crippen molar-refractivity contribution in [2.24, 2.45) is 5.73 Å². The molecule has 0 saturated heterocycles. The number of hydrogen-bond acceptors (Lipinski definition) is 4. The second-order valence-corrected chi connectivity index (χ2v) is 4.30. The molecule has 2 rings (SSSR count). The molecule has 1 aromatic heterocycles. The summed E-state index contributed by atoms with van der Waals surface area (Å²) < 4.78 is 0. The number of phenols is 1. The summed E-state index contributed by atoms with van der Waals surface area (Å²) in [5.41, 5.74) is 7.63. The number of aromatic hydroxyl groups is 1. The molecule has 0 spiro atoms. The number of nitrogens with zero attached hydrogens (tertiary/aromatic N) is 1. The monoisotopic (exact) mass is 260 g/mol. The van der Waals surface area contributed by atoms with E-state index in [0.29, 0.717) is 13.0 Å². The highest BCUT2D eigenvalue weighted by Crippen LogP contribution is 2.10. The quantitative estimate of drug-likeness (QED) is 0.620. The molecule has 0 fully saturated rings. The molecule has 0 radical (unpaired) electrons. The average Bonchev–Trinajstić information content (AvgIpc) is 2.91. The Hall–Kier alpha value is -2.34. The van der Waals surface area contributed by atoms with Crippen molar-refractivity contribution in [1.82, 2.24) is 15.5 Å². The summed E-state index contributed by atoms with van der Waals surface area (Å²) in [5, 5.41) is 18.4. The van der Waals surface area contributed by atoms with Crippen molar-refractivity contribution in [3.63, 3.8) is 0 Å². The van der Waals surface area contributed by atoms with Crippen LogP contribution in [0.2, 0.25) is 0 Å². The number of amides is 1. The van der Waals surface area contributed by atoms with Gasteiger partial charge in [0.15, 0.2) is 0 Å². The second-order valence-electron chi connectivity index (χ2n) is 4.30. The number of aromatic amines is 1. The third-order valence-electron chi connectivity index (χ3n) is 2.75. The van der Waals surface area contributed by atoms with E-state index in [1.165, 1.54) is 0 Å². The molecule has 100 valence electrons. The lowest BCUT2D eigenvalue weighted by molar-refractivity contribution is -0.122. The molecule has 6 heteroatoms. The van der Waals surface area contributed by atoms with Gasteiger partial charge in [0.05, 0.1) is 12.2 Å². The van der Waals surface area contributed by atoms with Gasteiger partial charge in [-0.25, -0.2) is 0 Å². The van der Waals surface area contributed by atoms with E-state index < -0.39 is 6.04 Å². The van der Waals surface area contributed by atoms with E-state index in [1.54, 1.807) is 36.7 Å². The van der Waals surface area contributed by atoms with Crippen molar-refractivity contribution in [3.05, 3.63) is 47.8 Å². The summed E-state index contributed by atoms with van der Waals surface area (Å²) in [5.74, 6) is -0.0176. The van der Waals surface area contributed by atoms with Crippen LogP contribution >= 0.6 is 0 Å². The topological polar surface area (TPSA) is 104 Å². The van der Waals surface area contributed by atoms with Crippen LogP contribution in [0, 0.1) is 0 Å². The third kappa shape index (κ3) is 3.82. The van der Waals surface area contributed by atoms with E-state index in [0.717, 1.165) is 11.1 Å². The fourth-order valence-electron chi connectivity index (χ4n) is 1.67. The van der Waals surface area contributed by atoms with Gasteiger partial charge in [-0.1, -0.05) is 12.1 Å². The molecule has 0 aliphatic rings. The van der Waals surface area contributed by atoms with Crippen molar-refractivity contribution in [1.29, 1.82) is 0 Å². The maximum Gasteiger partial charge on any atom is 0.237 e. The first kappa shape index (κ1) is 13.1. The smallest absolute Gasteiger partial charge is 0.237 e. The predicted octanol–water partition coefficient (Wildman–Crippen LogP) is 0.301. The van der Waals surface area contributed by atoms with Crippen LogP contribution in [0.3, 0.4) is 0 Å². The summed E-state index contributed by atoms with van der Waals surface area (Å²) in [6.45, 7) is 0.401. The van der Waals surface area contributed by atoms with Gasteiger partial charge in [0.1, 0.15) is 5.75 Å². The summed E-state index contributed by atoms with van der Waals surface area (Å²) in [4.78, 5) is 11.8. The Labute approximate surface area is 110 Å². The first-order chi connectivity index (χ1) is 9.15. The van der Waals surface area contributed by atoms with Gasteiger partial charge in [-0.3, -0.25) is 9.89 Å². The van der Waals surface area contributed by atoms with Crippen LogP contribution in [0.5, 0.6) is 5.75 Å². The highest BCUT2D eigenvalue weighted by atomic mass is 16.3. The molecule has 0 aliphatic carbocycles. The lowest BCUT2D eigenvalue weighted by Crippen LogP contribution is -2.41. The molecule has 19 heavy (non-hydrogen) atoms. The minimum Gasteiger partial charge on any atom is -0.508 e. The molecule has 2 aromatic rings. The van der Waals surface area contributed by atoms with Crippen molar-refractivity contribution in [2.75, 3.05) is 0 Å². The zero-order valence-electron chi connectivity index (χ0n) is 10.3. The van der Waals surface area contributed by atoms with Crippen LogP contribution in [-0.4, -0.2) is 27.3 Å². The fourth-order valence-corrected chi connectivity index (χ4v) is 1.67. The van der Waals surface area contributed by atoms with Crippen LogP contribution in [0.1, 0.15) is 11.1 Å². The van der Waals surface area contributed by atoms with Gasteiger partial charge in [0, 0.05) is 18.3 Å². The minimum absolute atomic E-state index is 0.196. The zero-order valence-corrected chi connectivity index (χ0v) is 10.3. The summed E-state index contributed by atoms with van der Waals surface area (Å²) >= 11 is 0. The van der Waals surface area contributed by atoms with E-state index in [1.807, 2.05) is 0 Å². The Morgan fingerprint density at radius 3 is 2.74 bits per heavy atom. The molecule has 5 N–H and O–H groups in total. The number of H-pyrrole nitrogens is 1. The standard InChI is InChI=1S/C13H16N4O2/c14-12(5-9-1-3-11(18)4-2-9)13(19)15-6-10-7-16-17-8-10/h1-4,7-8,12,18H,5-6,14H2,(H,15,19)(H,16,17)/t12-/m1/s1. The number of aromatic nitrogens is 2. The number of nitrogens with one attached hydrogen (secondary N) is 2. The largest absolute Gasteiger partial charge is 0.508 e. The predicted molar refractivity (Wildman–Crippen MR) is 70.2 cm³/mol. The molecule has 1 aromatic carbocycles. The third-order valence-corrected chi connectivity index (χ3v) is 2.75. The second kappa shape index (κ2) is 6.01. The number of carbonyl (C=O) groups is 1. The van der Waals surface area contributed by atoms with Gasteiger partial charge in [0.25, 0.3) is 0 Å². The van der Waals surface area contributed by atoms with Crippen LogP contribution in [-0.2, 0) is 17.8 Å². The van der Waals surface area contributed by atoms with E-state index >= 15 is 0 Å². The Balaban J connectivity index is 1.83. The molecular formula is C13H16N4O2. The zero-order chi connectivity index (χ0) is 13.7. The van der Waals surface area contributed by atoms with Crippen LogP contribution in [0.25, 0.3) is 0 Å². The van der Waals surface area contributed by atoms with E-state index in [4.69, 9.17) is 5.73 Å². The number of carbonyl (C=O) groups excluding carboxylic acids is 1.